The Balaban J connectivity index is 1.83. The lowest BCUT2D eigenvalue weighted by Crippen LogP contribution is -2.40. The third-order valence-corrected chi connectivity index (χ3v) is 3.42. The van der Waals surface area contributed by atoms with Crippen LogP contribution in [0.5, 0.6) is 0 Å². The highest BCUT2D eigenvalue weighted by Gasteiger charge is 2.26. The van der Waals surface area contributed by atoms with Crippen LogP contribution in [0, 0.1) is 0 Å². The monoisotopic (exact) mass is 277 g/mol. The summed E-state index contributed by atoms with van der Waals surface area (Å²) in [4.78, 5) is 26.5. The summed E-state index contributed by atoms with van der Waals surface area (Å²) in [5.74, 6) is -0.415. The van der Waals surface area contributed by atoms with E-state index in [-0.39, 0.29) is 11.8 Å². The van der Waals surface area contributed by atoms with E-state index in [4.69, 9.17) is 11.6 Å². The first-order valence-corrected chi connectivity index (χ1v) is 6.38. The molecule has 0 aliphatic carbocycles. The molecule has 1 saturated heterocycles. The summed E-state index contributed by atoms with van der Waals surface area (Å²) in [7, 11) is 0. The van der Waals surface area contributed by atoms with Crippen LogP contribution in [0.2, 0.25) is 5.02 Å². The van der Waals surface area contributed by atoms with E-state index in [1.165, 1.54) is 0 Å². The molecule has 0 saturated carbocycles. The molecule has 0 radical (unpaired) electrons. The molecular formula is C13H12ClN3O2. The number of fused-ring (bicyclic) bond motifs is 1. The molecule has 19 heavy (non-hydrogen) atoms. The summed E-state index contributed by atoms with van der Waals surface area (Å²) in [6.45, 7) is 0.603. The number of carbonyl (C=O) groups is 2. The van der Waals surface area contributed by atoms with Gasteiger partial charge < -0.3 is 15.6 Å². The van der Waals surface area contributed by atoms with Gasteiger partial charge in [-0.3, -0.25) is 9.59 Å². The summed E-state index contributed by atoms with van der Waals surface area (Å²) in [5, 5.41) is 6.87. The van der Waals surface area contributed by atoms with E-state index < -0.39 is 6.04 Å². The molecule has 5 nitrogen and oxygen atoms in total. The first-order valence-electron chi connectivity index (χ1n) is 6.00. The minimum atomic E-state index is -0.442. The molecule has 1 aliphatic heterocycles. The maximum absolute atomic E-state index is 12.0. The Labute approximate surface area is 114 Å². The van der Waals surface area contributed by atoms with Crippen LogP contribution < -0.4 is 10.6 Å². The van der Waals surface area contributed by atoms with E-state index in [2.05, 4.69) is 15.6 Å². The summed E-state index contributed by atoms with van der Waals surface area (Å²) in [6, 6.07) is 6.64. The van der Waals surface area contributed by atoms with Gasteiger partial charge in [-0.15, -0.1) is 0 Å². The van der Waals surface area contributed by atoms with Crippen molar-refractivity contribution >= 4 is 34.3 Å². The van der Waals surface area contributed by atoms with Crippen LogP contribution >= 0.6 is 11.6 Å². The van der Waals surface area contributed by atoms with Crippen LogP contribution in [0.4, 0.5) is 0 Å². The molecule has 1 aliphatic rings. The van der Waals surface area contributed by atoms with Crippen molar-refractivity contribution in [2.75, 3.05) is 6.54 Å². The number of amides is 2. The average Bonchev–Trinajstić information content (AvgIpc) is 2.96. The number of hydrogen-bond donors (Lipinski definition) is 3. The Morgan fingerprint density at radius 3 is 2.95 bits per heavy atom. The summed E-state index contributed by atoms with van der Waals surface area (Å²) in [6.07, 6.45) is 0.622. The van der Waals surface area contributed by atoms with E-state index in [1.807, 2.05) is 6.07 Å². The molecule has 98 valence electrons. The van der Waals surface area contributed by atoms with E-state index in [1.54, 1.807) is 18.2 Å². The highest BCUT2D eigenvalue weighted by molar-refractivity contribution is 6.31. The molecule has 6 heteroatoms. The van der Waals surface area contributed by atoms with Crippen molar-refractivity contribution in [3.05, 3.63) is 35.0 Å². The molecule has 3 N–H and O–H groups in total. The largest absolute Gasteiger partial charge is 0.354 e. The first-order chi connectivity index (χ1) is 9.13. The second-order valence-electron chi connectivity index (χ2n) is 4.52. The van der Waals surface area contributed by atoms with Crippen LogP contribution in [-0.4, -0.2) is 29.4 Å². The van der Waals surface area contributed by atoms with Gasteiger partial charge in [-0.05, 0) is 30.7 Å². The zero-order chi connectivity index (χ0) is 13.4. The van der Waals surface area contributed by atoms with Crippen molar-refractivity contribution in [1.82, 2.24) is 15.6 Å². The Bertz CT molecular complexity index is 665. The zero-order valence-corrected chi connectivity index (χ0v) is 10.8. The number of benzene rings is 1. The Morgan fingerprint density at radius 2 is 2.21 bits per heavy atom. The number of hydrogen-bond acceptors (Lipinski definition) is 2. The summed E-state index contributed by atoms with van der Waals surface area (Å²) < 4.78 is 0. The predicted molar refractivity (Wildman–Crippen MR) is 72.2 cm³/mol. The molecule has 0 spiro atoms. The maximum atomic E-state index is 12.0. The van der Waals surface area contributed by atoms with Gasteiger partial charge in [0.1, 0.15) is 11.7 Å². The predicted octanol–water partition coefficient (Wildman–Crippen LogP) is 1.44. The fourth-order valence-corrected chi connectivity index (χ4v) is 2.37. The molecule has 2 heterocycles. The molecule has 0 unspecified atom stereocenters. The maximum Gasteiger partial charge on any atom is 0.268 e. The molecule has 0 bridgehead atoms. The van der Waals surface area contributed by atoms with Gasteiger partial charge in [-0.1, -0.05) is 11.6 Å². The van der Waals surface area contributed by atoms with Crippen molar-refractivity contribution in [3.63, 3.8) is 0 Å². The zero-order valence-electron chi connectivity index (χ0n) is 10.00. The highest BCUT2D eigenvalue weighted by atomic mass is 35.5. The van der Waals surface area contributed by atoms with E-state index in [0.717, 1.165) is 10.9 Å². The van der Waals surface area contributed by atoms with Gasteiger partial charge in [0.15, 0.2) is 0 Å². The van der Waals surface area contributed by atoms with Crippen molar-refractivity contribution in [1.29, 1.82) is 0 Å². The van der Waals surface area contributed by atoms with Gasteiger partial charge in [-0.2, -0.15) is 0 Å². The first kappa shape index (κ1) is 12.0. The van der Waals surface area contributed by atoms with Crippen molar-refractivity contribution in [3.8, 4) is 0 Å². The summed E-state index contributed by atoms with van der Waals surface area (Å²) >= 11 is 5.90. The fraction of sp³-hybridized carbons (Fsp3) is 0.231. The molecule has 1 aromatic heterocycles. The number of carbonyl (C=O) groups excluding carboxylic acids is 2. The van der Waals surface area contributed by atoms with Crippen LogP contribution in [0.25, 0.3) is 10.9 Å². The molecule has 1 aromatic carbocycles. The SMILES string of the molecule is O=C(N[C@@H]1CCNC1=O)c1cc2cc(Cl)ccc2[nH]1. The molecule has 2 aromatic rings. The molecular weight excluding hydrogens is 266 g/mol. The van der Waals surface area contributed by atoms with E-state index in [9.17, 15) is 9.59 Å². The van der Waals surface area contributed by atoms with Gasteiger partial charge in [0.25, 0.3) is 5.91 Å². The number of halogens is 1. The van der Waals surface area contributed by atoms with Crippen LogP contribution in [0.1, 0.15) is 16.9 Å². The van der Waals surface area contributed by atoms with Crippen molar-refractivity contribution < 1.29 is 9.59 Å². The number of nitrogens with one attached hydrogen (secondary N) is 3. The quantitative estimate of drug-likeness (QED) is 0.777. The Hall–Kier alpha value is -2.01. The number of H-pyrrole nitrogens is 1. The Morgan fingerprint density at radius 1 is 1.37 bits per heavy atom. The standard InChI is InChI=1S/C13H12ClN3O2/c14-8-1-2-9-7(5-8)6-11(16-9)13(19)17-10-3-4-15-12(10)18/h1-2,5-6,10,16H,3-4H2,(H,15,18)(H,17,19)/t10-/m1/s1. The van der Waals surface area contributed by atoms with Crippen LogP contribution in [0.3, 0.4) is 0 Å². The lowest BCUT2D eigenvalue weighted by Gasteiger charge is -2.08. The third-order valence-electron chi connectivity index (χ3n) is 3.18. The van der Waals surface area contributed by atoms with Gasteiger partial charge in [0, 0.05) is 22.5 Å². The van der Waals surface area contributed by atoms with Crippen molar-refractivity contribution in [2.24, 2.45) is 0 Å². The highest BCUT2D eigenvalue weighted by Crippen LogP contribution is 2.20. The van der Waals surface area contributed by atoms with Crippen LogP contribution in [0.15, 0.2) is 24.3 Å². The van der Waals surface area contributed by atoms with Gasteiger partial charge in [0.2, 0.25) is 5.91 Å². The minimum absolute atomic E-state index is 0.132. The smallest absolute Gasteiger partial charge is 0.268 e. The second kappa shape index (κ2) is 4.59. The number of rotatable bonds is 2. The molecule has 1 atom stereocenters. The second-order valence-corrected chi connectivity index (χ2v) is 4.96. The number of aromatic amines is 1. The van der Waals surface area contributed by atoms with Crippen LogP contribution in [-0.2, 0) is 4.79 Å². The minimum Gasteiger partial charge on any atom is -0.354 e. The van der Waals surface area contributed by atoms with E-state index >= 15 is 0 Å². The normalized spacial score (nSPS) is 18.6. The van der Waals surface area contributed by atoms with E-state index in [0.29, 0.717) is 23.7 Å². The lowest BCUT2D eigenvalue weighted by molar-refractivity contribution is -0.120. The Kier molecular flexibility index (Phi) is 2.91. The molecule has 2 amide bonds. The molecule has 3 rings (SSSR count). The molecule has 1 fully saturated rings. The van der Waals surface area contributed by atoms with Gasteiger partial charge in [-0.25, -0.2) is 0 Å². The van der Waals surface area contributed by atoms with Gasteiger partial charge in [0.05, 0.1) is 0 Å². The number of aromatic nitrogens is 1. The average molecular weight is 278 g/mol. The lowest BCUT2D eigenvalue weighted by atomic mass is 10.2. The topological polar surface area (TPSA) is 74.0 Å². The third kappa shape index (κ3) is 2.29. The van der Waals surface area contributed by atoms with Gasteiger partial charge >= 0.3 is 0 Å². The van der Waals surface area contributed by atoms with Crippen molar-refractivity contribution in [2.45, 2.75) is 12.5 Å². The fourth-order valence-electron chi connectivity index (χ4n) is 2.19. The summed E-state index contributed by atoms with van der Waals surface area (Å²) in [5.41, 5.74) is 1.27.